The summed E-state index contributed by atoms with van der Waals surface area (Å²) in [4.78, 5) is 11.3. The molecule has 1 aliphatic rings. The summed E-state index contributed by atoms with van der Waals surface area (Å²) in [5.74, 6) is -0.334. The van der Waals surface area contributed by atoms with Crippen LogP contribution in [0.2, 0.25) is 0 Å². The van der Waals surface area contributed by atoms with Crippen molar-refractivity contribution < 1.29 is 4.79 Å². The zero-order valence-corrected chi connectivity index (χ0v) is 8.80. The molecule has 2 N–H and O–H groups in total. The van der Waals surface area contributed by atoms with Gasteiger partial charge in [0.1, 0.15) is 0 Å². The highest BCUT2D eigenvalue weighted by atomic mass is 32.1. The number of nitrogens with two attached hydrogens (primary N) is 1. The number of carbonyl (C=O) groups excluding carboxylic acids is 1. The van der Waals surface area contributed by atoms with Gasteiger partial charge in [0, 0.05) is 15.7 Å². The van der Waals surface area contributed by atoms with Crippen molar-refractivity contribution in [1.82, 2.24) is 0 Å². The van der Waals surface area contributed by atoms with Crippen LogP contribution in [-0.2, 0) is 11.2 Å². The maximum atomic E-state index is 11.3. The van der Waals surface area contributed by atoms with Crippen LogP contribution in [0.4, 0.5) is 0 Å². The predicted octanol–water partition coefficient (Wildman–Crippen LogP) is 2.33. The molecular formula is C12H9NOS. The molecule has 0 spiro atoms. The maximum Gasteiger partial charge on any atom is 0.249 e. The lowest BCUT2D eigenvalue weighted by Gasteiger charge is -2.12. The van der Waals surface area contributed by atoms with E-state index in [1.54, 1.807) is 11.3 Å². The van der Waals surface area contributed by atoms with E-state index in [0.29, 0.717) is 5.57 Å². The molecule has 0 unspecified atom stereocenters. The Labute approximate surface area is 91.0 Å². The van der Waals surface area contributed by atoms with E-state index in [2.05, 4.69) is 11.4 Å². The number of amides is 1. The quantitative estimate of drug-likeness (QED) is 0.779. The lowest BCUT2D eigenvalue weighted by Crippen LogP contribution is -2.14. The van der Waals surface area contributed by atoms with Crippen LogP contribution in [0.25, 0.3) is 15.7 Å². The minimum atomic E-state index is -0.334. The van der Waals surface area contributed by atoms with Crippen LogP contribution in [0.15, 0.2) is 29.7 Å². The van der Waals surface area contributed by atoms with Crippen molar-refractivity contribution in [3.63, 3.8) is 0 Å². The topological polar surface area (TPSA) is 43.1 Å². The van der Waals surface area contributed by atoms with E-state index in [0.717, 1.165) is 12.0 Å². The van der Waals surface area contributed by atoms with Crippen LogP contribution in [0.1, 0.15) is 11.1 Å². The average Bonchev–Trinajstić information content (AvgIpc) is 2.64. The molecule has 3 rings (SSSR count). The fourth-order valence-electron chi connectivity index (χ4n) is 2.08. The van der Waals surface area contributed by atoms with E-state index in [1.807, 2.05) is 18.2 Å². The molecule has 1 heterocycles. The molecule has 0 aliphatic heterocycles. The molecule has 15 heavy (non-hydrogen) atoms. The van der Waals surface area contributed by atoms with Crippen molar-refractivity contribution in [1.29, 1.82) is 0 Å². The van der Waals surface area contributed by atoms with E-state index in [1.165, 1.54) is 15.6 Å². The van der Waals surface area contributed by atoms with Crippen molar-refractivity contribution >= 4 is 32.9 Å². The highest BCUT2D eigenvalue weighted by Gasteiger charge is 2.18. The molecular weight excluding hydrogens is 206 g/mol. The zero-order chi connectivity index (χ0) is 10.4. The zero-order valence-electron chi connectivity index (χ0n) is 7.99. The van der Waals surface area contributed by atoms with Gasteiger partial charge in [-0.25, -0.2) is 0 Å². The molecule has 0 fully saturated rings. The number of hydrogen-bond donors (Lipinski definition) is 1. The molecule has 2 aromatic rings. The Hall–Kier alpha value is -1.61. The summed E-state index contributed by atoms with van der Waals surface area (Å²) in [7, 11) is 0. The third-order valence-corrected chi connectivity index (χ3v) is 3.75. The van der Waals surface area contributed by atoms with E-state index >= 15 is 0 Å². The third-order valence-electron chi connectivity index (χ3n) is 2.76. The number of rotatable bonds is 1. The number of thiophene rings is 1. The number of primary amides is 1. The summed E-state index contributed by atoms with van der Waals surface area (Å²) in [6.07, 6.45) is 2.74. The molecule has 0 radical (unpaired) electrons. The molecule has 0 saturated heterocycles. The van der Waals surface area contributed by atoms with Gasteiger partial charge in [0.2, 0.25) is 5.91 Å². The molecule has 1 aliphatic carbocycles. The summed E-state index contributed by atoms with van der Waals surface area (Å²) >= 11 is 1.72. The smallest absolute Gasteiger partial charge is 0.249 e. The SMILES string of the molecule is NC(=O)C1=CCc2csc3cccc1c23. The van der Waals surface area contributed by atoms with Crippen molar-refractivity contribution in [3.8, 4) is 0 Å². The van der Waals surface area contributed by atoms with Crippen LogP contribution in [0.3, 0.4) is 0 Å². The number of allylic oxidation sites excluding steroid dienone is 1. The van der Waals surface area contributed by atoms with Gasteiger partial charge in [-0.3, -0.25) is 4.79 Å². The minimum absolute atomic E-state index is 0.334. The maximum absolute atomic E-state index is 11.3. The van der Waals surface area contributed by atoms with E-state index in [9.17, 15) is 4.79 Å². The first-order valence-corrected chi connectivity index (χ1v) is 5.65. The first-order chi connectivity index (χ1) is 7.27. The number of hydrogen-bond acceptors (Lipinski definition) is 2. The van der Waals surface area contributed by atoms with Gasteiger partial charge in [0.05, 0.1) is 0 Å². The lowest BCUT2D eigenvalue weighted by atomic mass is 9.92. The van der Waals surface area contributed by atoms with Crippen molar-refractivity contribution in [3.05, 3.63) is 40.8 Å². The largest absolute Gasteiger partial charge is 0.366 e. The van der Waals surface area contributed by atoms with Crippen LogP contribution in [-0.4, -0.2) is 5.91 Å². The summed E-state index contributed by atoms with van der Waals surface area (Å²) in [6.45, 7) is 0. The fraction of sp³-hybridized carbons (Fsp3) is 0.0833. The van der Waals surface area contributed by atoms with Gasteiger partial charge in [0.25, 0.3) is 0 Å². The van der Waals surface area contributed by atoms with Gasteiger partial charge < -0.3 is 5.73 Å². The number of carbonyl (C=O) groups is 1. The molecule has 74 valence electrons. The second kappa shape index (κ2) is 2.94. The molecule has 0 saturated carbocycles. The van der Waals surface area contributed by atoms with Gasteiger partial charge >= 0.3 is 0 Å². The Balaban J connectivity index is 2.39. The standard InChI is InChI=1S/C12H9NOS/c13-12(14)9-5-4-7-6-15-10-3-1-2-8(9)11(7)10/h1-3,5-6H,4H2,(H2,13,14). The molecule has 2 nitrogen and oxygen atoms in total. The van der Waals surface area contributed by atoms with Crippen LogP contribution >= 0.6 is 11.3 Å². The summed E-state index contributed by atoms with van der Waals surface area (Å²) < 4.78 is 1.23. The third kappa shape index (κ3) is 1.13. The first-order valence-electron chi connectivity index (χ1n) is 4.77. The Bertz CT molecular complexity index is 595. The Morgan fingerprint density at radius 1 is 1.40 bits per heavy atom. The monoisotopic (exact) mass is 215 g/mol. The normalized spacial score (nSPS) is 14.0. The highest BCUT2D eigenvalue weighted by molar-refractivity contribution is 7.17. The Morgan fingerprint density at radius 2 is 2.27 bits per heavy atom. The van der Waals surface area contributed by atoms with Crippen molar-refractivity contribution in [2.24, 2.45) is 5.73 Å². The molecule has 1 aromatic carbocycles. The predicted molar refractivity (Wildman–Crippen MR) is 62.7 cm³/mol. The average molecular weight is 215 g/mol. The molecule has 0 bridgehead atoms. The van der Waals surface area contributed by atoms with E-state index in [-0.39, 0.29) is 5.91 Å². The van der Waals surface area contributed by atoms with Gasteiger partial charge in [-0.2, -0.15) is 0 Å². The highest BCUT2D eigenvalue weighted by Crippen LogP contribution is 2.36. The van der Waals surface area contributed by atoms with Gasteiger partial charge in [-0.15, -0.1) is 11.3 Å². The number of benzene rings is 1. The van der Waals surface area contributed by atoms with Crippen LogP contribution in [0.5, 0.6) is 0 Å². The second-order valence-corrected chi connectivity index (χ2v) is 4.54. The second-order valence-electron chi connectivity index (χ2n) is 3.63. The van der Waals surface area contributed by atoms with Gasteiger partial charge in [-0.1, -0.05) is 18.2 Å². The summed E-state index contributed by atoms with van der Waals surface area (Å²) in [5.41, 5.74) is 8.31. The first kappa shape index (κ1) is 8.68. The van der Waals surface area contributed by atoms with Crippen molar-refractivity contribution in [2.75, 3.05) is 0 Å². The van der Waals surface area contributed by atoms with Gasteiger partial charge in [0.15, 0.2) is 0 Å². The molecule has 1 amide bonds. The van der Waals surface area contributed by atoms with Crippen molar-refractivity contribution in [2.45, 2.75) is 6.42 Å². The van der Waals surface area contributed by atoms with E-state index in [4.69, 9.17) is 5.73 Å². The lowest BCUT2D eigenvalue weighted by molar-refractivity contribution is -0.112. The van der Waals surface area contributed by atoms with Crippen LogP contribution < -0.4 is 5.73 Å². The Kier molecular flexibility index (Phi) is 1.70. The summed E-state index contributed by atoms with van der Waals surface area (Å²) in [6, 6.07) is 6.02. The van der Waals surface area contributed by atoms with Crippen LogP contribution in [0, 0.1) is 0 Å². The fourth-order valence-corrected chi connectivity index (χ4v) is 3.08. The molecule has 0 atom stereocenters. The minimum Gasteiger partial charge on any atom is -0.366 e. The molecule has 1 aromatic heterocycles. The molecule has 3 heteroatoms. The summed E-state index contributed by atoms with van der Waals surface area (Å²) in [5, 5.41) is 3.36. The Morgan fingerprint density at radius 3 is 3.07 bits per heavy atom. The van der Waals surface area contributed by atoms with E-state index < -0.39 is 0 Å². The van der Waals surface area contributed by atoms with Gasteiger partial charge in [-0.05, 0) is 29.0 Å².